The van der Waals surface area contributed by atoms with E-state index in [-0.39, 0.29) is 17.2 Å². The van der Waals surface area contributed by atoms with Crippen molar-refractivity contribution < 1.29 is 14.3 Å². The molecule has 7 heteroatoms. The zero-order valence-corrected chi connectivity index (χ0v) is 15.7. The third-order valence-electron chi connectivity index (χ3n) is 5.97. The van der Waals surface area contributed by atoms with E-state index in [0.717, 1.165) is 43.3 Å². The zero-order chi connectivity index (χ0) is 18.9. The minimum absolute atomic E-state index is 0.0224. The second-order valence-corrected chi connectivity index (χ2v) is 7.75. The molecule has 2 amide bonds. The van der Waals surface area contributed by atoms with Gasteiger partial charge in [0, 0.05) is 57.1 Å². The molecule has 4 rings (SSSR count). The van der Waals surface area contributed by atoms with Gasteiger partial charge in [-0.1, -0.05) is 18.2 Å². The molecule has 2 aromatic rings. The van der Waals surface area contributed by atoms with Gasteiger partial charge in [0.05, 0.1) is 5.52 Å². The van der Waals surface area contributed by atoms with Crippen molar-refractivity contribution in [2.24, 2.45) is 5.41 Å². The van der Waals surface area contributed by atoms with Crippen LogP contribution in [0.2, 0.25) is 0 Å². The number of methoxy groups -OCH3 is 1. The Morgan fingerprint density at radius 1 is 1.30 bits per heavy atom. The van der Waals surface area contributed by atoms with Crippen LogP contribution in [-0.4, -0.2) is 71.7 Å². The third kappa shape index (κ3) is 3.43. The molecular formula is C20H26N4O3. The van der Waals surface area contributed by atoms with E-state index in [4.69, 9.17) is 4.74 Å². The molecule has 0 bridgehead atoms. The van der Waals surface area contributed by atoms with Gasteiger partial charge in [-0.15, -0.1) is 0 Å². The Morgan fingerprint density at radius 2 is 2.07 bits per heavy atom. The Balaban J connectivity index is 1.39. The smallest absolute Gasteiger partial charge is 0.274 e. The fourth-order valence-electron chi connectivity index (χ4n) is 4.38. The van der Waals surface area contributed by atoms with Gasteiger partial charge in [-0.25, -0.2) is 0 Å². The maximum atomic E-state index is 12.9. The maximum absolute atomic E-state index is 12.9. The molecule has 1 spiro atoms. The van der Waals surface area contributed by atoms with E-state index in [1.165, 1.54) is 0 Å². The largest absolute Gasteiger partial charge is 0.385 e. The van der Waals surface area contributed by atoms with E-state index in [1.807, 2.05) is 34.1 Å². The highest BCUT2D eigenvalue weighted by atomic mass is 16.5. The number of fused-ring (bicyclic) bond motifs is 1. The number of benzene rings is 1. The molecule has 0 saturated carbocycles. The molecule has 2 fully saturated rings. The second-order valence-electron chi connectivity index (χ2n) is 7.75. The van der Waals surface area contributed by atoms with Crippen LogP contribution in [0.4, 0.5) is 0 Å². The molecule has 0 aliphatic carbocycles. The van der Waals surface area contributed by atoms with Crippen LogP contribution in [0.25, 0.3) is 10.9 Å². The highest BCUT2D eigenvalue weighted by molar-refractivity contribution is 6.04. The molecule has 144 valence electrons. The monoisotopic (exact) mass is 370 g/mol. The number of amides is 2. The lowest BCUT2D eigenvalue weighted by Gasteiger charge is -2.38. The topological polar surface area (TPSA) is 78.5 Å². The summed E-state index contributed by atoms with van der Waals surface area (Å²) in [5.41, 5.74) is 1.39. The number of rotatable bonds is 5. The lowest BCUT2D eigenvalue weighted by atomic mass is 9.77. The number of nitrogens with one attached hydrogen (secondary N) is 1. The summed E-state index contributed by atoms with van der Waals surface area (Å²) in [4.78, 5) is 29.2. The number of aromatic nitrogens is 2. The van der Waals surface area contributed by atoms with Crippen molar-refractivity contribution in [3.05, 3.63) is 30.0 Å². The highest BCUT2D eigenvalue weighted by Crippen LogP contribution is 2.41. The normalized spacial score (nSPS) is 19.4. The number of para-hydroxylation sites is 1. The molecule has 0 radical (unpaired) electrons. The predicted octanol–water partition coefficient (Wildman–Crippen LogP) is 2.05. The first-order chi connectivity index (χ1) is 13.1. The number of hydrogen-bond acceptors (Lipinski definition) is 4. The molecule has 0 atom stereocenters. The number of nitrogens with zero attached hydrogens (tertiary/aromatic N) is 3. The average Bonchev–Trinajstić information content (AvgIpc) is 3.24. The van der Waals surface area contributed by atoms with E-state index in [2.05, 4.69) is 10.2 Å². The van der Waals surface area contributed by atoms with Crippen LogP contribution in [0.3, 0.4) is 0 Å². The van der Waals surface area contributed by atoms with Gasteiger partial charge >= 0.3 is 0 Å². The number of aromatic amines is 1. The van der Waals surface area contributed by atoms with Crippen molar-refractivity contribution in [2.45, 2.75) is 25.7 Å². The number of carbonyl (C=O) groups excluding carboxylic acids is 2. The SMILES string of the molecule is COCCCN1CC2(CCN(C(=O)c3n[nH]c4ccccc34)CC2)CC1=O. The lowest BCUT2D eigenvalue weighted by Crippen LogP contribution is -2.44. The first-order valence-electron chi connectivity index (χ1n) is 9.61. The summed E-state index contributed by atoms with van der Waals surface area (Å²) in [6.07, 6.45) is 3.21. The predicted molar refractivity (Wildman–Crippen MR) is 101 cm³/mol. The van der Waals surface area contributed by atoms with Gasteiger partial charge in [-0.3, -0.25) is 14.7 Å². The Bertz CT molecular complexity index is 839. The van der Waals surface area contributed by atoms with Crippen molar-refractivity contribution in [1.82, 2.24) is 20.0 Å². The van der Waals surface area contributed by atoms with E-state index in [9.17, 15) is 9.59 Å². The Kier molecular flexibility index (Phi) is 4.86. The third-order valence-corrected chi connectivity index (χ3v) is 5.97. The van der Waals surface area contributed by atoms with Crippen molar-refractivity contribution in [3.63, 3.8) is 0 Å². The molecular weight excluding hydrogens is 344 g/mol. The van der Waals surface area contributed by atoms with Crippen LogP contribution in [0.15, 0.2) is 24.3 Å². The van der Waals surface area contributed by atoms with Gasteiger partial charge in [0.2, 0.25) is 5.91 Å². The maximum Gasteiger partial charge on any atom is 0.274 e. The van der Waals surface area contributed by atoms with Crippen LogP contribution in [0.1, 0.15) is 36.2 Å². The zero-order valence-electron chi connectivity index (χ0n) is 15.7. The molecule has 1 N–H and O–H groups in total. The number of piperidine rings is 1. The molecule has 3 heterocycles. The molecule has 2 aliphatic rings. The van der Waals surface area contributed by atoms with E-state index in [0.29, 0.717) is 31.8 Å². The molecule has 7 nitrogen and oxygen atoms in total. The van der Waals surface area contributed by atoms with Gasteiger partial charge in [-0.05, 0) is 25.3 Å². The molecule has 2 aliphatic heterocycles. The number of carbonyl (C=O) groups is 2. The Labute approximate surface area is 158 Å². The molecule has 0 unspecified atom stereocenters. The lowest BCUT2D eigenvalue weighted by molar-refractivity contribution is -0.128. The summed E-state index contributed by atoms with van der Waals surface area (Å²) < 4.78 is 5.09. The fraction of sp³-hybridized carbons (Fsp3) is 0.550. The van der Waals surface area contributed by atoms with Gasteiger partial charge in [0.15, 0.2) is 5.69 Å². The summed E-state index contributed by atoms with van der Waals surface area (Å²) in [7, 11) is 1.68. The molecule has 27 heavy (non-hydrogen) atoms. The quantitative estimate of drug-likeness (QED) is 0.817. The van der Waals surface area contributed by atoms with Crippen LogP contribution in [0.5, 0.6) is 0 Å². The summed E-state index contributed by atoms with van der Waals surface area (Å²) in [6, 6.07) is 7.69. The van der Waals surface area contributed by atoms with E-state index >= 15 is 0 Å². The summed E-state index contributed by atoms with van der Waals surface area (Å²) in [5.74, 6) is 0.216. The molecule has 1 aromatic heterocycles. The van der Waals surface area contributed by atoms with Crippen LogP contribution in [-0.2, 0) is 9.53 Å². The van der Waals surface area contributed by atoms with E-state index < -0.39 is 0 Å². The molecule has 1 aromatic carbocycles. The standard InChI is InChI=1S/C20H26N4O3/c1-27-12-4-9-24-14-20(13-17(24)25)7-10-23(11-8-20)19(26)18-15-5-2-3-6-16(15)21-22-18/h2-3,5-6H,4,7-14H2,1H3,(H,21,22). The van der Waals surface area contributed by atoms with Gasteiger partial charge < -0.3 is 14.5 Å². The minimum atomic E-state index is -0.0245. The highest BCUT2D eigenvalue weighted by Gasteiger charge is 2.45. The van der Waals surface area contributed by atoms with Gasteiger partial charge in [0.25, 0.3) is 5.91 Å². The van der Waals surface area contributed by atoms with Crippen molar-refractivity contribution >= 4 is 22.7 Å². The average molecular weight is 370 g/mol. The Morgan fingerprint density at radius 3 is 2.85 bits per heavy atom. The second kappa shape index (κ2) is 7.31. The number of ether oxygens (including phenoxy) is 1. The van der Waals surface area contributed by atoms with Crippen LogP contribution < -0.4 is 0 Å². The first kappa shape index (κ1) is 18.0. The van der Waals surface area contributed by atoms with Crippen LogP contribution in [0, 0.1) is 5.41 Å². The first-order valence-corrected chi connectivity index (χ1v) is 9.61. The van der Waals surface area contributed by atoms with Crippen molar-refractivity contribution in [1.29, 1.82) is 0 Å². The fourth-order valence-corrected chi connectivity index (χ4v) is 4.38. The summed E-state index contributed by atoms with van der Waals surface area (Å²) >= 11 is 0. The summed E-state index contributed by atoms with van der Waals surface area (Å²) in [6.45, 7) is 3.61. The van der Waals surface area contributed by atoms with Crippen molar-refractivity contribution in [2.75, 3.05) is 39.9 Å². The van der Waals surface area contributed by atoms with Crippen LogP contribution >= 0.6 is 0 Å². The molecule has 2 saturated heterocycles. The number of likely N-dealkylation sites (tertiary alicyclic amines) is 2. The van der Waals surface area contributed by atoms with Gasteiger partial charge in [0.1, 0.15) is 0 Å². The number of hydrogen-bond donors (Lipinski definition) is 1. The van der Waals surface area contributed by atoms with Crippen molar-refractivity contribution in [3.8, 4) is 0 Å². The van der Waals surface area contributed by atoms with Gasteiger partial charge in [-0.2, -0.15) is 5.10 Å². The minimum Gasteiger partial charge on any atom is -0.385 e. The Hall–Kier alpha value is -2.41. The van der Waals surface area contributed by atoms with E-state index in [1.54, 1.807) is 7.11 Å². The summed E-state index contributed by atoms with van der Waals surface area (Å²) in [5, 5.41) is 8.03. The number of H-pyrrole nitrogens is 1.